The van der Waals surface area contributed by atoms with Crippen LogP contribution in [0.5, 0.6) is 0 Å². The van der Waals surface area contributed by atoms with Crippen molar-refractivity contribution in [2.24, 2.45) is 10.2 Å². The predicted octanol–water partition coefficient (Wildman–Crippen LogP) is 5.13. The van der Waals surface area contributed by atoms with Crippen LogP contribution >= 0.6 is 22.7 Å². The summed E-state index contributed by atoms with van der Waals surface area (Å²) in [7, 11) is 2.24. The standard InChI is InChI=1S/C25H26N4OS2/c1-29-18-3-2-4-19(29)13-17(12-18)26-25(30)24-20-11-15(5-6-21(20)27-28-24)22-7-8-23(32-22)16-9-10-31-14-16/h5,7-11,14,17-19H,2-4,6,12-13H2,1H3,(H,26,30). The molecule has 2 fully saturated rings. The Morgan fingerprint density at radius 3 is 2.72 bits per heavy atom. The van der Waals surface area contributed by atoms with Gasteiger partial charge >= 0.3 is 0 Å². The average molecular weight is 463 g/mol. The number of thiophene rings is 2. The van der Waals surface area contributed by atoms with Crippen LogP contribution in [0.15, 0.2) is 56.9 Å². The highest BCUT2D eigenvalue weighted by Crippen LogP contribution is 2.36. The number of hydrogen-bond acceptors (Lipinski definition) is 6. The number of rotatable bonds is 4. The number of carbonyl (C=O) groups excluding carboxylic acids is 1. The SMILES string of the molecule is CN1C2CCCC1CC(NC(=O)C1=NN=C3CC=C(c4ccc(-c5ccsc5)s4)C=C31)C2. The van der Waals surface area contributed by atoms with Crippen LogP contribution in [0.25, 0.3) is 16.0 Å². The highest BCUT2D eigenvalue weighted by atomic mass is 32.1. The molecule has 32 heavy (non-hydrogen) atoms. The lowest BCUT2D eigenvalue weighted by Crippen LogP contribution is -2.56. The average Bonchev–Trinajstić information content (AvgIpc) is 3.53. The van der Waals surface area contributed by atoms with E-state index in [0.717, 1.165) is 29.7 Å². The second kappa shape index (κ2) is 8.21. The third-order valence-corrected chi connectivity index (χ3v) is 9.10. The Labute approximate surface area is 196 Å². The molecule has 2 bridgehead atoms. The van der Waals surface area contributed by atoms with Crippen LogP contribution < -0.4 is 5.32 Å². The first kappa shape index (κ1) is 20.3. The van der Waals surface area contributed by atoms with Crippen LogP contribution in [0.4, 0.5) is 0 Å². The maximum absolute atomic E-state index is 13.2. The lowest BCUT2D eigenvalue weighted by atomic mass is 9.82. The zero-order valence-electron chi connectivity index (χ0n) is 18.1. The quantitative estimate of drug-likeness (QED) is 0.685. The Bertz CT molecular complexity index is 1160. The first-order valence-electron chi connectivity index (χ1n) is 11.4. The topological polar surface area (TPSA) is 57.1 Å². The molecular weight excluding hydrogens is 436 g/mol. The molecular formula is C25H26N4OS2. The number of allylic oxidation sites excluding steroid dienone is 3. The second-order valence-electron chi connectivity index (χ2n) is 9.14. The summed E-state index contributed by atoms with van der Waals surface area (Å²) in [5.74, 6) is -0.0750. The van der Waals surface area contributed by atoms with Gasteiger partial charge in [-0.3, -0.25) is 4.79 Å². The van der Waals surface area contributed by atoms with Crippen molar-refractivity contribution in [2.45, 2.75) is 56.7 Å². The van der Waals surface area contributed by atoms with Gasteiger partial charge in [-0.1, -0.05) is 12.5 Å². The number of amides is 1. The van der Waals surface area contributed by atoms with Crippen molar-refractivity contribution in [1.29, 1.82) is 0 Å². The Kier molecular flexibility index (Phi) is 5.20. The number of hydrogen-bond donors (Lipinski definition) is 1. The molecule has 6 rings (SSSR count). The van der Waals surface area contributed by atoms with E-state index in [-0.39, 0.29) is 11.9 Å². The van der Waals surface area contributed by atoms with Gasteiger partial charge in [0.1, 0.15) is 0 Å². The maximum atomic E-state index is 13.2. The van der Waals surface area contributed by atoms with Crippen molar-refractivity contribution in [3.8, 4) is 10.4 Å². The fraction of sp³-hybridized carbons (Fsp3) is 0.400. The molecule has 0 radical (unpaired) electrons. The highest BCUT2D eigenvalue weighted by Gasteiger charge is 2.37. The molecule has 2 unspecified atom stereocenters. The van der Waals surface area contributed by atoms with E-state index in [1.807, 2.05) is 0 Å². The highest BCUT2D eigenvalue weighted by molar-refractivity contribution is 7.17. The third kappa shape index (κ3) is 3.62. The zero-order chi connectivity index (χ0) is 21.7. The van der Waals surface area contributed by atoms with Gasteiger partial charge in [-0.05, 0) is 73.3 Å². The van der Waals surface area contributed by atoms with Gasteiger partial charge in [-0.25, -0.2) is 0 Å². The van der Waals surface area contributed by atoms with Gasteiger partial charge in [0, 0.05) is 45.4 Å². The van der Waals surface area contributed by atoms with E-state index in [9.17, 15) is 4.79 Å². The fourth-order valence-corrected chi connectivity index (χ4v) is 7.20. The summed E-state index contributed by atoms with van der Waals surface area (Å²) < 4.78 is 0. The summed E-state index contributed by atoms with van der Waals surface area (Å²) in [4.78, 5) is 18.2. The molecule has 3 aliphatic heterocycles. The number of carbonyl (C=O) groups is 1. The largest absolute Gasteiger partial charge is 0.348 e. The van der Waals surface area contributed by atoms with Gasteiger partial charge in [0.25, 0.3) is 5.91 Å². The van der Waals surface area contributed by atoms with Crippen molar-refractivity contribution in [3.63, 3.8) is 0 Å². The third-order valence-electron chi connectivity index (χ3n) is 7.24. The maximum Gasteiger partial charge on any atom is 0.272 e. The van der Waals surface area contributed by atoms with Crippen LogP contribution in [0, 0.1) is 0 Å². The van der Waals surface area contributed by atoms with Crippen LogP contribution in [0.3, 0.4) is 0 Å². The first-order valence-corrected chi connectivity index (χ1v) is 13.1. The van der Waals surface area contributed by atoms with Gasteiger partial charge in [0.15, 0.2) is 5.71 Å². The molecule has 4 aliphatic rings. The summed E-state index contributed by atoms with van der Waals surface area (Å²) in [6.45, 7) is 0. The minimum absolute atomic E-state index is 0.0750. The molecule has 2 saturated heterocycles. The summed E-state index contributed by atoms with van der Waals surface area (Å²) in [5, 5.41) is 16.2. The Balaban J connectivity index is 1.18. The fourth-order valence-electron chi connectivity index (χ4n) is 5.46. The molecule has 1 aliphatic carbocycles. The van der Waals surface area contributed by atoms with E-state index in [1.165, 1.54) is 34.6 Å². The molecule has 5 nitrogen and oxygen atoms in total. The molecule has 7 heteroatoms. The van der Waals surface area contributed by atoms with Crippen molar-refractivity contribution in [2.75, 3.05) is 7.05 Å². The zero-order valence-corrected chi connectivity index (χ0v) is 19.7. The molecule has 0 spiro atoms. The van der Waals surface area contributed by atoms with Gasteiger partial charge < -0.3 is 10.2 Å². The Morgan fingerprint density at radius 1 is 1.12 bits per heavy atom. The van der Waals surface area contributed by atoms with E-state index >= 15 is 0 Å². The van der Waals surface area contributed by atoms with E-state index in [1.54, 1.807) is 22.7 Å². The Morgan fingerprint density at radius 2 is 1.94 bits per heavy atom. The molecule has 2 aromatic heterocycles. The Hall–Kier alpha value is -2.35. The van der Waals surface area contributed by atoms with Crippen LogP contribution in [-0.2, 0) is 4.79 Å². The number of fused-ring (bicyclic) bond motifs is 3. The second-order valence-corrected chi connectivity index (χ2v) is 11.0. The summed E-state index contributed by atoms with van der Waals surface area (Å²) in [6, 6.07) is 7.91. The van der Waals surface area contributed by atoms with Crippen molar-refractivity contribution in [1.82, 2.24) is 10.2 Å². The van der Waals surface area contributed by atoms with Gasteiger partial charge in [-0.2, -0.15) is 16.4 Å². The number of nitrogens with zero attached hydrogens (tertiary/aromatic N) is 3. The van der Waals surface area contributed by atoms with Gasteiger partial charge in [0.05, 0.1) is 5.71 Å². The van der Waals surface area contributed by atoms with Gasteiger partial charge in [0.2, 0.25) is 0 Å². The van der Waals surface area contributed by atoms with E-state index in [0.29, 0.717) is 24.2 Å². The first-order chi connectivity index (χ1) is 15.7. The molecule has 1 amide bonds. The predicted molar refractivity (Wildman–Crippen MR) is 134 cm³/mol. The minimum Gasteiger partial charge on any atom is -0.348 e. The summed E-state index contributed by atoms with van der Waals surface area (Å²) in [5.41, 5.74) is 4.68. The molecule has 0 saturated carbocycles. The van der Waals surface area contributed by atoms with Crippen molar-refractivity contribution < 1.29 is 4.79 Å². The van der Waals surface area contributed by atoms with Crippen LogP contribution in [-0.4, -0.2) is 47.4 Å². The lowest BCUT2D eigenvalue weighted by molar-refractivity contribution is -0.116. The van der Waals surface area contributed by atoms with E-state index in [4.69, 9.17) is 0 Å². The van der Waals surface area contributed by atoms with E-state index in [2.05, 4.69) is 68.6 Å². The number of piperidine rings is 2. The molecule has 0 aromatic carbocycles. The van der Waals surface area contributed by atoms with Crippen LogP contribution in [0.1, 0.15) is 43.4 Å². The van der Waals surface area contributed by atoms with Crippen molar-refractivity contribution >= 4 is 45.6 Å². The summed E-state index contributed by atoms with van der Waals surface area (Å²) in [6.07, 6.45) is 10.9. The lowest BCUT2D eigenvalue weighted by Gasteiger charge is -2.47. The minimum atomic E-state index is -0.0750. The molecule has 5 heterocycles. The molecule has 1 N–H and O–H groups in total. The van der Waals surface area contributed by atoms with Gasteiger partial charge in [-0.15, -0.1) is 16.4 Å². The van der Waals surface area contributed by atoms with Crippen LogP contribution in [0.2, 0.25) is 0 Å². The molecule has 2 atom stereocenters. The normalized spacial score (nSPS) is 27.2. The van der Waals surface area contributed by atoms with E-state index < -0.39 is 0 Å². The smallest absolute Gasteiger partial charge is 0.272 e. The van der Waals surface area contributed by atoms with Crippen molar-refractivity contribution in [3.05, 3.63) is 51.6 Å². The monoisotopic (exact) mass is 462 g/mol. The number of nitrogens with one attached hydrogen (secondary N) is 1. The molecule has 164 valence electrons. The summed E-state index contributed by atoms with van der Waals surface area (Å²) >= 11 is 3.50. The molecule has 2 aromatic rings.